The van der Waals surface area contributed by atoms with Crippen molar-refractivity contribution < 1.29 is 24.5 Å². The number of nitrogens with one attached hydrogen (secondary N) is 1. The second kappa shape index (κ2) is 65.6. The van der Waals surface area contributed by atoms with Gasteiger partial charge in [0.2, 0.25) is 5.91 Å². The molecule has 2 atom stereocenters. The van der Waals surface area contributed by atoms with E-state index in [1.165, 1.54) is 289 Å². The van der Waals surface area contributed by atoms with Crippen LogP contribution in [0.15, 0.2) is 36.5 Å². The highest BCUT2D eigenvalue weighted by atomic mass is 16.5. The zero-order chi connectivity index (χ0) is 55.0. The van der Waals surface area contributed by atoms with Crippen molar-refractivity contribution in [2.45, 2.75) is 386 Å². The van der Waals surface area contributed by atoms with E-state index in [1.54, 1.807) is 0 Å². The van der Waals surface area contributed by atoms with Crippen LogP contribution in [0.25, 0.3) is 0 Å². The van der Waals surface area contributed by atoms with Crippen LogP contribution in [0.5, 0.6) is 0 Å². The average molecular weight is 1070 g/mol. The monoisotopic (exact) mass is 1070 g/mol. The van der Waals surface area contributed by atoms with Gasteiger partial charge in [0.25, 0.3) is 0 Å². The number of esters is 1. The van der Waals surface area contributed by atoms with Crippen LogP contribution in [0, 0.1) is 0 Å². The topological polar surface area (TPSA) is 95.9 Å². The standard InChI is InChI=1S/C70H133NO5/c1-3-5-7-9-11-13-15-17-19-32-35-38-42-46-50-54-58-62-68(73)67(66-72)71-69(74)63-59-55-51-47-43-39-36-33-30-28-26-24-22-20-21-23-25-27-29-31-34-37-41-45-49-53-57-61-65-76-70(75)64-60-56-52-48-44-40-18-16-14-12-10-8-6-4-2/h10,12,16,18,20-21,67-68,72-73H,3-9,11,13-15,17,19,22-66H2,1-2H3,(H,71,74)/b12-10-,18-16-,21-20-. The van der Waals surface area contributed by atoms with E-state index >= 15 is 0 Å². The molecule has 0 fully saturated rings. The number of carbonyl (C=O) groups is 2. The molecule has 0 aromatic carbocycles. The van der Waals surface area contributed by atoms with Gasteiger partial charge in [-0.05, 0) is 77.0 Å². The van der Waals surface area contributed by atoms with Gasteiger partial charge < -0.3 is 20.3 Å². The van der Waals surface area contributed by atoms with Crippen molar-refractivity contribution in [1.29, 1.82) is 0 Å². The second-order valence-corrected chi connectivity index (χ2v) is 23.5. The van der Waals surface area contributed by atoms with E-state index in [-0.39, 0.29) is 18.5 Å². The quantitative estimate of drug-likeness (QED) is 0.0320. The number of amides is 1. The van der Waals surface area contributed by atoms with Crippen LogP contribution < -0.4 is 5.32 Å². The van der Waals surface area contributed by atoms with Crippen molar-refractivity contribution in [1.82, 2.24) is 5.32 Å². The third-order valence-electron chi connectivity index (χ3n) is 15.9. The van der Waals surface area contributed by atoms with Crippen molar-refractivity contribution in [2.75, 3.05) is 13.2 Å². The summed E-state index contributed by atoms with van der Waals surface area (Å²) in [6, 6.07) is -0.542. The number of carbonyl (C=O) groups excluding carboxylic acids is 2. The summed E-state index contributed by atoms with van der Waals surface area (Å²) in [5.41, 5.74) is 0. The first-order valence-electron chi connectivity index (χ1n) is 34.2. The summed E-state index contributed by atoms with van der Waals surface area (Å²) in [6.07, 6.45) is 83.2. The average Bonchev–Trinajstić information content (AvgIpc) is 3.42. The highest BCUT2D eigenvalue weighted by Gasteiger charge is 2.20. The summed E-state index contributed by atoms with van der Waals surface area (Å²) in [5.74, 6) is -0.0307. The number of ether oxygens (including phenoxy) is 1. The van der Waals surface area contributed by atoms with Gasteiger partial charge in [-0.1, -0.05) is 320 Å². The summed E-state index contributed by atoms with van der Waals surface area (Å²) in [6.45, 7) is 4.93. The first-order chi connectivity index (χ1) is 37.5. The fourth-order valence-electron chi connectivity index (χ4n) is 10.7. The number of aliphatic hydroxyl groups excluding tert-OH is 2. The first-order valence-corrected chi connectivity index (χ1v) is 34.2. The maximum atomic E-state index is 12.5. The van der Waals surface area contributed by atoms with Crippen molar-refractivity contribution in [3.63, 3.8) is 0 Å². The van der Waals surface area contributed by atoms with Crippen molar-refractivity contribution >= 4 is 11.9 Å². The number of allylic oxidation sites excluding steroid dienone is 6. The Bertz CT molecular complexity index is 1230. The van der Waals surface area contributed by atoms with E-state index in [2.05, 4.69) is 55.6 Å². The molecule has 448 valence electrons. The third kappa shape index (κ3) is 61.3. The summed E-state index contributed by atoms with van der Waals surface area (Å²) in [4.78, 5) is 24.6. The Hall–Kier alpha value is -1.92. The first kappa shape index (κ1) is 74.1. The highest BCUT2D eigenvalue weighted by molar-refractivity contribution is 5.76. The molecule has 0 saturated heterocycles. The molecule has 0 radical (unpaired) electrons. The molecule has 0 aliphatic carbocycles. The lowest BCUT2D eigenvalue weighted by atomic mass is 10.0. The van der Waals surface area contributed by atoms with Crippen LogP contribution >= 0.6 is 0 Å². The molecule has 76 heavy (non-hydrogen) atoms. The maximum absolute atomic E-state index is 12.5. The van der Waals surface area contributed by atoms with Gasteiger partial charge >= 0.3 is 5.97 Å². The van der Waals surface area contributed by atoms with Crippen LogP contribution in [0.2, 0.25) is 0 Å². The molecular formula is C70H133NO5. The van der Waals surface area contributed by atoms with Crippen LogP contribution in [0.1, 0.15) is 373 Å². The van der Waals surface area contributed by atoms with Gasteiger partial charge in [-0.3, -0.25) is 9.59 Å². The molecule has 0 heterocycles. The fourth-order valence-corrected chi connectivity index (χ4v) is 10.7. The summed E-state index contributed by atoms with van der Waals surface area (Å²) >= 11 is 0. The number of hydrogen-bond acceptors (Lipinski definition) is 5. The number of rotatable bonds is 64. The zero-order valence-electron chi connectivity index (χ0n) is 51.3. The summed E-state index contributed by atoms with van der Waals surface area (Å²) in [7, 11) is 0. The van der Waals surface area contributed by atoms with E-state index in [1.807, 2.05) is 0 Å². The SMILES string of the molecule is CCCC/C=C\C/C=C\CCCCCCCC(=O)OCCCCCCCCCCCCCC/C=C\CCCCCCCCCCCCCCC(=O)NC(CO)C(O)CCCCCCCCCCCCCCCCCCC. The second-order valence-electron chi connectivity index (χ2n) is 23.5. The molecule has 0 rings (SSSR count). The Morgan fingerprint density at radius 3 is 1.05 bits per heavy atom. The number of aliphatic hydroxyl groups is 2. The minimum atomic E-state index is -0.665. The molecule has 0 spiro atoms. The smallest absolute Gasteiger partial charge is 0.305 e. The van der Waals surface area contributed by atoms with Crippen LogP contribution in [0.4, 0.5) is 0 Å². The summed E-state index contributed by atoms with van der Waals surface area (Å²) in [5, 5.41) is 23.4. The van der Waals surface area contributed by atoms with Crippen LogP contribution in [0.3, 0.4) is 0 Å². The predicted octanol–water partition coefficient (Wildman–Crippen LogP) is 21.9. The van der Waals surface area contributed by atoms with Gasteiger partial charge in [0.05, 0.1) is 25.4 Å². The number of hydrogen-bond donors (Lipinski definition) is 3. The van der Waals surface area contributed by atoms with Gasteiger partial charge in [-0.2, -0.15) is 0 Å². The Kier molecular flexibility index (Phi) is 63.9. The Morgan fingerprint density at radius 1 is 0.368 bits per heavy atom. The molecule has 0 bridgehead atoms. The van der Waals surface area contributed by atoms with E-state index in [0.717, 1.165) is 51.4 Å². The van der Waals surface area contributed by atoms with Crippen LogP contribution in [-0.2, 0) is 14.3 Å². The van der Waals surface area contributed by atoms with Gasteiger partial charge in [-0.15, -0.1) is 0 Å². The van der Waals surface area contributed by atoms with Gasteiger partial charge in [0.15, 0.2) is 0 Å². The van der Waals surface area contributed by atoms with Gasteiger partial charge in [0.1, 0.15) is 0 Å². The molecule has 1 amide bonds. The Balaban J connectivity index is 3.38. The maximum Gasteiger partial charge on any atom is 0.305 e. The van der Waals surface area contributed by atoms with Gasteiger partial charge in [0, 0.05) is 12.8 Å². The van der Waals surface area contributed by atoms with Crippen molar-refractivity contribution in [2.24, 2.45) is 0 Å². The molecule has 0 aliphatic rings. The van der Waals surface area contributed by atoms with Gasteiger partial charge in [-0.25, -0.2) is 0 Å². The zero-order valence-corrected chi connectivity index (χ0v) is 51.3. The largest absolute Gasteiger partial charge is 0.466 e. The summed E-state index contributed by atoms with van der Waals surface area (Å²) < 4.78 is 5.48. The lowest BCUT2D eigenvalue weighted by molar-refractivity contribution is -0.143. The molecule has 6 heteroatoms. The van der Waals surface area contributed by atoms with E-state index in [9.17, 15) is 19.8 Å². The highest BCUT2D eigenvalue weighted by Crippen LogP contribution is 2.18. The van der Waals surface area contributed by atoms with E-state index in [0.29, 0.717) is 25.9 Å². The molecule has 0 aromatic rings. The third-order valence-corrected chi connectivity index (χ3v) is 15.9. The normalized spacial score (nSPS) is 12.7. The Labute approximate surface area is 474 Å². The van der Waals surface area contributed by atoms with E-state index < -0.39 is 12.1 Å². The predicted molar refractivity (Wildman–Crippen MR) is 333 cm³/mol. The molecule has 0 saturated carbocycles. The lowest BCUT2D eigenvalue weighted by Crippen LogP contribution is -2.45. The lowest BCUT2D eigenvalue weighted by Gasteiger charge is -2.22. The Morgan fingerprint density at radius 2 is 0.671 bits per heavy atom. The molecule has 0 aromatic heterocycles. The van der Waals surface area contributed by atoms with Crippen molar-refractivity contribution in [3.05, 3.63) is 36.5 Å². The minimum Gasteiger partial charge on any atom is -0.466 e. The minimum absolute atomic E-state index is 0.00145. The van der Waals surface area contributed by atoms with Crippen molar-refractivity contribution in [3.8, 4) is 0 Å². The molecule has 3 N–H and O–H groups in total. The molecule has 2 unspecified atom stereocenters. The fraction of sp³-hybridized carbons (Fsp3) is 0.886. The van der Waals surface area contributed by atoms with Crippen LogP contribution in [-0.4, -0.2) is 47.4 Å². The number of unbranched alkanes of at least 4 members (excludes halogenated alkanes) is 47. The molecule has 0 aliphatic heterocycles. The van der Waals surface area contributed by atoms with E-state index in [4.69, 9.17) is 4.74 Å². The molecule has 6 nitrogen and oxygen atoms in total. The molecular weight excluding hydrogens is 935 g/mol.